The van der Waals surface area contributed by atoms with E-state index in [0.717, 1.165) is 0 Å². The third-order valence-electron chi connectivity index (χ3n) is 2.63. The molecule has 0 bridgehead atoms. The summed E-state index contributed by atoms with van der Waals surface area (Å²) in [6.45, 7) is 1.81. The number of carbonyl (C=O) groups is 3. The Bertz CT molecular complexity index is 554. The van der Waals surface area contributed by atoms with E-state index in [9.17, 15) is 19.5 Å². The lowest BCUT2D eigenvalue weighted by Gasteiger charge is -2.11. The SMILES string of the molecule is CCOC(=O)c1cc(CC(=O)CBr)cc(C(O)C(=O)O)c1. The van der Waals surface area contributed by atoms with E-state index < -0.39 is 18.0 Å². The summed E-state index contributed by atoms with van der Waals surface area (Å²) in [5.74, 6) is -2.20. The van der Waals surface area contributed by atoms with Crippen LogP contribution < -0.4 is 0 Å². The first-order valence-electron chi connectivity index (χ1n) is 6.18. The summed E-state index contributed by atoms with van der Waals surface area (Å²) in [6.07, 6.45) is -1.74. The van der Waals surface area contributed by atoms with Gasteiger partial charge in [-0.15, -0.1) is 0 Å². The van der Waals surface area contributed by atoms with E-state index in [4.69, 9.17) is 9.84 Å². The molecule has 0 heterocycles. The Morgan fingerprint density at radius 3 is 2.48 bits per heavy atom. The number of esters is 1. The first kappa shape index (κ1) is 17.3. The minimum absolute atomic E-state index is 0.0256. The lowest BCUT2D eigenvalue weighted by atomic mass is 9.99. The molecular formula is C14H15BrO6. The molecule has 1 unspecified atom stereocenters. The first-order valence-corrected chi connectivity index (χ1v) is 7.30. The minimum atomic E-state index is -1.77. The monoisotopic (exact) mass is 358 g/mol. The van der Waals surface area contributed by atoms with Gasteiger partial charge in [0.1, 0.15) is 5.78 Å². The van der Waals surface area contributed by atoms with Crippen molar-refractivity contribution < 1.29 is 29.3 Å². The van der Waals surface area contributed by atoms with Crippen molar-refractivity contribution >= 4 is 33.7 Å². The van der Waals surface area contributed by atoms with Gasteiger partial charge in [0.2, 0.25) is 0 Å². The second-order valence-corrected chi connectivity index (χ2v) is 4.83. The number of halogens is 1. The number of ketones is 1. The summed E-state index contributed by atoms with van der Waals surface area (Å²) < 4.78 is 4.85. The molecule has 0 aliphatic rings. The fourth-order valence-corrected chi connectivity index (χ4v) is 1.93. The zero-order valence-corrected chi connectivity index (χ0v) is 12.9. The summed E-state index contributed by atoms with van der Waals surface area (Å²) in [4.78, 5) is 34.1. The molecule has 2 N–H and O–H groups in total. The number of aliphatic hydroxyl groups is 1. The van der Waals surface area contributed by atoms with Gasteiger partial charge in [0.25, 0.3) is 0 Å². The van der Waals surface area contributed by atoms with E-state index in [1.54, 1.807) is 6.92 Å². The number of carboxylic acids is 1. The van der Waals surface area contributed by atoms with Crippen molar-refractivity contribution in [3.63, 3.8) is 0 Å². The van der Waals surface area contributed by atoms with Gasteiger partial charge in [0, 0.05) is 6.42 Å². The average molecular weight is 359 g/mol. The van der Waals surface area contributed by atoms with Crippen molar-refractivity contribution in [1.82, 2.24) is 0 Å². The quantitative estimate of drug-likeness (QED) is 0.565. The molecule has 1 atom stereocenters. The smallest absolute Gasteiger partial charge is 0.338 e. The summed E-state index contributed by atoms with van der Waals surface area (Å²) in [5, 5.41) is 18.6. The number of carboxylic acid groups (broad SMARTS) is 1. The van der Waals surface area contributed by atoms with Crippen LogP contribution in [0.4, 0.5) is 0 Å². The van der Waals surface area contributed by atoms with Crippen LogP contribution in [0, 0.1) is 0 Å². The van der Waals surface area contributed by atoms with Crippen LogP contribution in [0.1, 0.15) is 34.5 Å². The van der Waals surface area contributed by atoms with Gasteiger partial charge >= 0.3 is 11.9 Å². The Hall–Kier alpha value is -1.73. The van der Waals surface area contributed by atoms with Gasteiger partial charge < -0.3 is 14.9 Å². The number of carbonyl (C=O) groups excluding carboxylic acids is 2. The zero-order chi connectivity index (χ0) is 16.0. The van der Waals surface area contributed by atoms with Crippen molar-refractivity contribution in [3.8, 4) is 0 Å². The number of Topliss-reactive ketones (excluding diaryl/α,β-unsaturated/α-hetero) is 1. The van der Waals surface area contributed by atoms with Crippen molar-refractivity contribution in [2.24, 2.45) is 0 Å². The van der Waals surface area contributed by atoms with Crippen LogP contribution >= 0.6 is 15.9 Å². The maximum absolute atomic E-state index is 11.8. The lowest BCUT2D eigenvalue weighted by Crippen LogP contribution is -2.14. The molecule has 0 saturated carbocycles. The van der Waals surface area contributed by atoms with Crippen LogP contribution in [-0.4, -0.2) is 39.9 Å². The Morgan fingerprint density at radius 1 is 1.29 bits per heavy atom. The molecule has 6 nitrogen and oxygen atoms in total. The van der Waals surface area contributed by atoms with Gasteiger partial charge in [-0.25, -0.2) is 9.59 Å². The molecule has 0 spiro atoms. The Balaban J connectivity index is 3.21. The molecule has 7 heteroatoms. The van der Waals surface area contributed by atoms with Crippen LogP contribution in [0.5, 0.6) is 0 Å². The van der Waals surface area contributed by atoms with E-state index in [1.807, 2.05) is 0 Å². The number of ether oxygens (including phenoxy) is 1. The van der Waals surface area contributed by atoms with Gasteiger partial charge in [-0.05, 0) is 30.2 Å². The number of rotatable bonds is 7. The number of benzene rings is 1. The molecule has 1 rings (SSSR count). The molecule has 1 aromatic rings. The topological polar surface area (TPSA) is 101 Å². The summed E-state index contributed by atoms with van der Waals surface area (Å²) >= 11 is 3.03. The molecule has 0 aliphatic carbocycles. The van der Waals surface area contributed by atoms with Crippen LogP contribution in [0.3, 0.4) is 0 Å². The predicted molar refractivity (Wildman–Crippen MR) is 77.5 cm³/mol. The second-order valence-electron chi connectivity index (χ2n) is 4.27. The Labute approximate surface area is 129 Å². The normalized spacial score (nSPS) is 11.8. The third-order valence-corrected chi connectivity index (χ3v) is 3.25. The highest BCUT2D eigenvalue weighted by Gasteiger charge is 2.20. The highest BCUT2D eigenvalue weighted by molar-refractivity contribution is 9.09. The van der Waals surface area contributed by atoms with Crippen molar-refractivity contribution in [2.45, 2.75) is 19.4 Å². The highest BCUT2D eigenvalue weighted by Crippen LogP contribution is 2.19. The summed E-state index contributed by atoms with van der Waals surface area (Å²) in [7, 11) is 0. The molecule has 0 aliphatic heterocycles. The Morgan fingerprint density at radius 2 is 1.95 bits per heavy atom. The fourth-order valence-electron chi connectivity index (χ4n) is 1.73. The molecule has 0 fully saturated rings. The van der Waals surface area contributed by atoms with Crippen molar-refractivity contribution in [2.75, 3.05) is 11.9 Å². The molecular weight excluding hydrogens is 344 g/mol. The van der Waals surface area contributed by atoms with Gasteiger partial charge in [0.05, 0.1) is 17.5 Å². The lowest BCUT2D eigenvalue weighted by molar-refractivity contribution is -0.146. The predicted octanol–water partition coefficient (Wildman–Crippen LogP) is 1.49. The van der Waals surface area contributed by atoms with Crippen LogP contribution in [0.15, 0.2) is 18.2 Å². The van der Waals surface area contributed by atoms with Gasteiger partial charge in [-0.2, -0.15) is 0 Å². The highest BCUT2D eigenvalue weighted by atomic mass is 79.9. The van der Waals surface area contributed by atoms with E-state index in [-0.39, 0.29) is 35.3 Å². The van der Waals surface area contributed by atoms with Crippen molar-refractivity contribution in [3.05, 3.63) is 34.9 Å². The summed E-state index contributed by atoms with van der Waals surface area (Å²) in [5.41, 5.74) is 0.581. The molecule has 21 heavy (non-hydrogen) atoms. The standard InChI is InChI=1S/C14H15BrO6/c1-2-21-14(20)10-4-8(5-11(16)7-15)3-9(6-10)12(17)13(18)19/h3-4,6,12,17H,2,5,7H2,1H3,(H,18,19). The van der Waals surface area contributed by atoms with Crippen LogP contribution in [0.25, 0.3) is 0 Å². The number of aliphatic hydroxyl groups excluding tert-OH is 1. The molecule has 1 aromatic carbocycles. The van der Waals surface area contributed by atoms with E-state index in [1.165, 1.54) is 18.2 Å². The Kier molecular flexibility index (Phi) is 6.51. The van der Waals surface area contributed by atoms with Crippen molar-refractivity contribution in [1.29, 1.82) is 0 Å². The zero-order valence-electron chi connectivity index (χ0n) is 11.3. The molecule has 0 saturated heterocycles. The van der Waals surface area contributed by atoms with E-state index in [2.05, 4.69) is 15.9 Å². The summed E-state index contributed by atoms with van der Waals surface area (Å²) in [6, 6.07) is 4.09. The number of hydrogen-bond acceptors (Lipinski definition) is 5. The average Bonchev–Trinajstić information content (AvgIpc) is 2.46. The maximum Gasteiger partial charge on any atom is 0.338 e. The van der Waals surface area contributed by atoms with E-state index in [0.29, 0.717) is 5.56 Å². The minimum Gasteiger partial charge on any atom is -0.479 e. The van der Waals surface area contributed by atoms with Gasteiger partial charge in [-0.3, -0.25) is 4.79 Å². The molecule has 114 valence electrons. The fraction of sp³-hybridized carbons (Fsp3) is 0.357. The first-order chi connectivity index (χ1) is 9.88. The van der Waals surface area contributed by atoms with Gasteiger partial charge in [-0.1, -0.05) is 22.0 Å². The number of alkyl halides is 1. The largest absolute Gasteiger partial charge is 0.479 e. The van der Waals surface area contributed by atoms with Crippen LogP contribution in [0.2, 0.25) is 0 Å². The van der Waals surface area contributed by atoms with Crippen LogP contribution in [-0.2, 0) is 20.7 Å². The second kappa shape index (κ2) is 7.90. The molecule has 0 radical (unpaired) electrons. The third kappa shape index (κ3) is 4.95. The molecule has 0 aromatic heterocycles. The molecule has 0 amide bonds. The van der Waals surface area contributed by atoms with Gasteiger partial charge in [0.15, 0.2) is 6.10 Å². The van der Waals surface area contributed by atoms with E-state index >= 15 is 0 Å². The maximum atomic E-state index is 11.8. The number of aliphatic carboxylic acids is 1. The number of hydrogen-bond donors (Lipinski definition) is 2.